The third kappa shape index (κ3) is 3.03. The molecule has 0 aromatic heterocycles. The molecule has 0 aliphatic heterocycles. The summed E-state index contributed by atoms with van der Waals surface area (Å²) in [7, 11) is 4.26. The van der Waals surface area contributed by atoms with E-state index in [4.69, 9.17) is 14.2 Å². The minimum atomic E-state index is -1.32. The summed E-state index contributed by atoms with van der Waals surface area (Å²) in [5.41, 5.74) is 3.23. The number of hydrogen-bond acceptors (Lipinski definition) is 5. The molecule has 0 heterocycles. The van der Waals surface area contributed by atoms with Gasteiger partial charge in [0.15, 0.2) is 5.41 Å². The first kappa shape index (κ1) is 20.2. The number of hydrogen-bond donors (Lipinski definition) is 0. The smallest absolute Gasteiger partial charge is 0.323 e. The second-order valence-corrected chi connectivity index (χ2v) is 8.53. The van der Waals surface area contributed by atoms with Gasteiger partial charge in [0, 0.05) is 12.3 Å². The van der Waals surface area contributed by atoms with Gasteiger partial charge in [0.05, 0.1) is 21.3 Å². The first-order valence-corrected chi connectivity index (χ1v) is 9.44. The van der Waals surface area contributed by atoms with Gasteiger partial charge in [-0.15, -0.1) is 0 Å². The number of allylic oxidation sites excluding steroid dienone is 4. The van der Waals surface area contributed by atoms with Gasteiger partial charge in [0.1, 0.15) is 5.75 Å². The Kier molecular flexibility index (Phi) is 5.13. The Morgan fingerprint density at radius 3 is 2.04 bits per heavy atom. The summed E-state index contributed by atoms with van der Waals surface area (Å²) in [6, 6.07) is 7.93. The van der Waals surface area contributed by atoms with Crippen molar-refractivity contribution in [2.24, 2.45) is 16.7 Å². The lowest BCUT2D eigenvalue weighted by molar-refractivity contribution is -0.169. The van der Waals surface area contributed by atoms with Crippen LogP contribution in [-0.2, 0) is 19.1 Å². The highest BCUT2D eigenvalue weighted by atomic mass is 16.5. The Balaban J connectivity index is 2.13. The number of benzene rings is 1. The van der Waals surface area contributed by atoms with E-state index in [-0.39, 0.29) is 11.3 Å². The molecule has 0 saturated heterocycles. The van der Waals surface area contributed by atoms with Crippen LogP contribution in [0.15, 0.2) is 41.5 Å². The van der Waals surface area contributed by atoms with Crippen LogP contribution in [0, 0.1) is 16.7 Å². The van der Waals surface area contributed by atoms with Crippen molar-refractivity contribution in [2.45, 2.75) is 33.6 Å². The molecule has 0 saturated carbocycles. The molecular formula is C23H28O5. The fraction of sp³-hybridized carbons (Fsp3) is 0.478. The van der Waals surface area contributed by atoms with Crippen molar-refractivity contribution in [3.05, 3.63) is 47.1 Å². The second-order valence-electron chi connectivity index (χ2n) is 8.53. The molecule has 5 heteroatoms. The predicted molar refractivity (Wildman–Crippen MR) is 107 cm³/mol. The van der Waals surface area contributed by atoms with Gasteiger partial charge in [-0.05, 0) is 46.3 Å². The van der Waals surface area contributed by atoms with Crippen LogP contribution in [0.2, 0.25) is 0 Å². The Labute approximate surface area is 166 Å². The summed E-state index contributed by atoms with van der Waals surface area (Å²) < 4.78 is 15.2. The van der Waals surface area contributed by atoms with Crippen LogP contribution >= 0.6 is 0 Å². The van der Waals surface area contributed by atoms with Gasteiger partial charge >= 0.3 is 11.9 Å². The van der Waals surface area contributed by atoms with E-state index < -0.39 is 17.4 Å². The molecule has 0 spiro atoms. The zero-order valence-electron chi connectivity index (χ0n) is 17.4. The Hall–Kier alpha value is -2.56. The fourth-order valence-corrected chi connectivity index (χ4v) is 4.47. The SMILES string of the molecule is COC(=O)C1(C(=O)OC)CC=C2C(=C(c3ccc(OC)cc3)C2C(C)(C)C)C1. The number of carbonyl (C=O) groups excluding carboxylic acids is 2. The number of esters is 2. The third-order valence-corrected chi connectivity index (χ3v) is 5.84. The summed E-state index contributed by atoms with van der Waals surface area (Å²) in [6.45, 7) is 6.63. The van der Waals surface area contributed by atoms with E-state index in [9.17, 15) is 9.59 Å². The molecule has 5 nitrogen and oxygen atoms in total. The number of ether oxygens (including phenoxy) is 3. The van der Waals surface area contributed by atoms with Crippen molar-refractivity contribution in [2.75, 3.05) is 21.3 Å². The van der Waals surface area contributed by atoms with E-state index in [1.165, 1.54) is 25.4 Å². The molecular weight excluding hydrogens is 356 g/mol. The molecule has 2 aliphatic carbocycles. The molecule has 1 unspecified atom stereocenters. The number of carbonyl (C=O) groups is 2. The molecule has 0 N–H and O–H groups in total. The van der Waals surface area contributed by atoms with Gasteiger partial charge in [-0.1, -0.05) is 39.0 Å². The van der Waals surface area contributed by atoms with Gasteiger partial charge in [-0.3, -0.25) is 9.59 Å². The molecule has 3 rings (SSSR count). The zero-order valence-corrected chi connectivity index (χ0v) is 17.4. The van der Waals surface area contributed by atoms with Crippen LogP contribution in [0.4, 0.5) is 0 Å². The lowest BCUT2D eigenvalue weighted by Gasteiger charge is -2.49. The topological polar surface area (TPSA) is 61.8 Å². The van der Waals surface area contributed by atoms with Crippen LogP contribution in [0.25, 0.3) is 5.57 Å². The van der Waals surface area contributed by atoms with Crippen LogP contribution in [0.1, 0.15) is 39.2 Å². The molecule has 1 aromatic carbocycles. The van der Waals surface area contributed by atoms with Gasteiger partial charge in [0.2, 0.25) is 0 Å². The van der Waals surface area contributed by atoms with Crippen LogP contribution in [-0.4, -0.2) is 33.3 Å². The van der Waals surface area contributed by atoms with Crippen molar-refractivity contribution >= 4 is 17.5 Å². The van der Waals surface area contributed by atoms with Crippen molar-refractivity contribution < 1.29 is 23.8 Å². The molecule has 1 aromatic rings. The maximum absolute atomic E-state index is 12.6. The van der Waals surface area contributed by atoms with Gasteiger partial charge in [0.25, 0.3) is 0 Å². The Morgan fingerprint density at radius 1 is 1.00 bits per heavy atom. The lowest BCUT2D eigenvalue weighted by Crippen LogP contribution is -2.46. The zero-order chi connectivity index (χ0) is 20.7. The quantitative estimate of drug-likeness (QED) is 0.576. The van der Waals surface area contributed by atoms with Crippen molar-refractivity contribution in [3.63, 3.8) is 0 Å². The monoisotopic (exact) mass is 384 g/mol. The van der Waals surface area contributed by atoms with Crippen molar-refractivity contribution in [1.29, 1.82) is 0 Å². The van der Waals surface area contributed by atoms with Crippen molar-refractivity contribution in [3.8, 4) is 5.75 Å². The highest BCUT2D eigenvalue weighted by molar-refractivity contribution is 6.02. The minimum absolute atomic E-state index is 0.0150. The fourth-order valence-electron chi connectivity index (χ4n) is 4.47. The molecule has 1 atom stereocenters. The Morgan fingerprint density at radius 2 is 1.57 bits per heavy atom. The maximum Gasteiger partial charge on any atom is 0.323 e. The highest BCUT2D eigenvalue weighted by Gasteiger charge is 2.55. The minimum Gasteiger partial charge on any atom is -0.497 e. The molecule has 0 fully saturated rings. The van der Waals surface area contributed by atoms with Crippen LogP contribution in [0.5, 0.6) is 5.75 Å². The highest BCUT2D eigenvalue weighted by Crippen LogP contribution is 2.60. The summed E-state index contributed by atoms with van der Waals surface area (Å²) >= 11 is 0. The average Bonchev–Trinajstić information content (AvgIpc) is 2.67. The van der Waals surface area contributed by atoms with E-state index >= 15 is 0 Å². The first-order valence-electron chi connectivity index (χ1n) is 9.44. The predicted octanol–water partition coefficient (Wildman–Crippen LogP) is 4.18. The molecule has 0 amide bonds. The standard InChI is InChI=1S/C23H28O5/c1-22(2,3)19-16-11-12-23(20(24)27-5,21(25)28-6)13-17(16)18(19)14-7-9-15(26-4)10-8-14/h7-11,19H,12-13H2,1-6H3. The summed E-state index contributed by atoms with van der Waals surface area (Å²) in [4.78, 5) is 25.2. The van der Waals surface area contributed by atoms with Gasteiger partial charge in [-0.2, -0.15) is 0 Å². The van der Waals surface area contributed by atoms with E-state index in [0.717, 1.165) is 16.9 Å². The number of methoxy groups -OCH3 is 3. The summed E-state index contributed by atoms with van der Waals surface area (Å²) in [5, 5.41) is 0. The molecule has 0 radical (unpaired) electrons. The molecule has 150 valence electrons. The second kappa shape index (κ2) is 7.12. The largest absolute Gasteiger partial charge is 0.497 e. The third-order valence-electron chi connectivity index (χ3n) is 5.84. The van der Waals surface area contributed by atoms with Crippen molar-refractivity contribution in [1.82, 2.24) is 0 Å². The molecule has 0 bridgehead atoms. The first-order chi connectivity index (χ1) is 13.2. The van der Waals surface area contributed by atoms with Crippen LogP contribution < -0.4 is 4.74 Å². The summed E-state index contributed by atoms with van der Waals surface area (Å²) in [5.74, 6) is -0.0612. The van der Waals surface area contributed by atoms with E-state index in [1.54, 1.807) is 7.11 Å². The normalized spacial score (nSPS) is 20.5. The molecule has 28 heavy (non-hydrogen) atoms. The lowest BCUT2D eigenvalue weighted by atomic mass is 9.54. The maximum atomic E-state index is 12.6. The van der Waals surface area contributed by atoms with E-state index in [0.29, 0.717) is 12.8 Å². The van der Waals surface area contributed by atoms with E-state index in [1.807, 2.05) is 30.3 Å². The van der Waals surface area contributed by atoms with Gasteiger partial charge < -0.3 is 14.2 Å². The Bertz CT molecular complexity index is 836. The van der Waals surface area contributed by atoms with Gasteiger partial charge in [-0.25, -0.2) is 0 Å². The summed E-state index contributed by atoms with van der Waals surface area (Å²) in [6.07, 6.45) is 2.62. The number of rotatable bonds is 4. The van der Waals surface area contributed by atoms with E-state index in [2.05, 4.69) is 20.8 Å². The average molecular weight is 384 g/mol. The molecule has 2 aliphatic rings. The number of fused-ring (bicyclic) bond motifs is 1. The van der Waals surface area contributed by atoms with Crippen LogP contribution in [0.3, 0.4) is 0 Å².